The molecule has 0 aliphatic heterocycles. The lowest BCUT2D eigenvalue weighted by Crippen LogP contribution is -2.22. The topological polar surface area (TPSA) is 23.8 Å². The standard InChI is InChI=1S/C15H15N/c1-15(10-16)13-8-4-2-3-6-11(13)12-7-5-9-14(12)15/h2-4,6,8,13H,5,7,9H2,1H3/t13?,15-/m1/s1. The minimum atomic E-state index is -0.291. The van der Waals surface area contributed by atoms with Crippen LogP contribution in [0.5, 0.6) is 0 Å². The van der Waals surface area contributed by atoms with Crippen molar-refractivity contribution in [2.75, 3.05) is 0 Å². The van der Waals surface area contributed by atoms with Crippen LogP contribution in [0, 0.1) is 22.7 Å². The zero-order valence-electron chi connectivity index (χ0n) is 9.53. The molecule has 1 heteroatoms. The molecule has 0 aromatic rings. The molecule has 0 saturated heterocycles. The van der Waals surface area contributed by atoms with Crippen molar-refractivity contribution in [1.29, 1.82) is 5.26 Å². The van der Waals surface area contributed by atoms with E-state index >= 15 is 0 Å². The van der Waals surface area contributed by atoms with E-state index in [4.69, 9.17) is 0 Å². The number of allylic oxidation sites excluding steroid dienone is 8. The summed E-state index contributed by atoms with van der Waals surface area (Å²) in [7, 11) is 0. The Morgan fingerprint density at radius 3 is 3.00 bits per heavy atom. The van der Waals surface area contributed by atoms with Gasteiger partial charge in [0.1, 0.15) is 0 Å². The second-order valence-electron chi connectivity index (χ2n) is 4.99. The lowest BCUT2D eigenvalue weighted by atomic mass is 9.74. The van der Waals surface area contributed by atoms with Crippen LogP contribution in [-0.4, -0.2) is 0 Å². The molecule has 1 nitrogen and oxygen atoms in total. The fourth-order valence-electron chi connectivity index (χ4n) is 3.36. The molecule has 3 aliphatic carbocycles. The molecule has 1 unspecified atom stereocenters. The van der Waals surface area contributed by atoms with Gasteiger partial charge in [0.05, 0.1) is 11.5 Å². The van der Waals surface area contributed by atoms with E-state index < -0.39 is 0 Å². The zero-order chi connectivity index (χ0) is 11.2. The molecule has 0 bridgehead atoms. The highest BCUT2D eigenvalue weighted by atomic mass is 14.5. The summed E-state index contributed by atoms with van der Waals surface area (Å²) in [6.07, 6.45) is 14.1. The van der Waals surface area contributed by atoms with Crippen molar-refractivity contribution in [3.05, 3.63) is 47.1 Å². The van der Waals surface area contributed by atoms with Gasteiger partial charge in [-0.15, -0.1) is 0 Å². The van der Waals surface area contributed by atoms with Gasteiger partial charge in [0.15, 0.2) is 0 Å². The number of nitrogens with zero attached hydrogens (tertiary/aromatic N) is 1. The van der Waals surface area contributed by atoms with Gasteiger partial charge < -0.3 is 0 Å². The molecule has 0 N–H and O–H groups in total. The molecule has 3 aliphatic rings. The first-order valence-corrected chi connectivity index (χ1v) is 5.96. The van der Waals surface area contributed by atoms with Gasteiger partial charge in [-0.3, -0.25) is 0 Å². The van der Waals surface area contributed by atoms with Gasteiger partial charge in [0.25, 0.3) is 0 Å². The number of hydrogen-bond donors (Lipinski definition) is 0. The van der Waals surface area contributed by atoms with Gasteiger partial charge in [0.2, 0.25) is 0 Å². The molecule has 3 rings (SSSR count). The number of hydrogen-bond acceptors (Lipinski definition) is 1. The Balaban J connectivity index is 2.20. The SMILES string of the molecule is C[C@]1(C#N)C2=C(CCC2)C2=CC=CC=CC21. The van der Waals surface area contributed by atoms with Crippen LogP contribution < -0.4 is 0 Å². The van der Waals surface area contributed by atoms with Gasteiger partial charge in [-0.05, 0) is 42.9 Å². The average Bonchev–Trinajstić information content (AvgIpc) is 2.75. The van der Waals surface area contributed by atoms with Gasteiger partial charge in [-0.25, -0.2) is 0 Å². The van der Waals surface area contributed by atoms with Crippen LogP contribution in [0.1, 0.15) is 26.2 Å². The third kappa shape index (κ3) is 1.05. The maximum Gasteiger partial charge on any atom is 0.0863 e. The van der Waals surface area contributed by atoms with Crippen LogP contribution in [0.3, 0.4) is 0 Å². The van der Waals surface area contributed by atoms with E-state index in [1.807, 2.05) is 0 Å². The molecule has 0 fully saturated rings. The maximum absolute atomic E-state index is 9.54. The summed E-state index contributed by atoms with van der Waals surface area (Å²) in [6, 6.07) is 2.56. The van der Waals surface area contributed by atoms with E-state index in [0.717, 1.165) is 12.8 Å². The zero-order valence-corrected chi connectivity index (χ0v) is 9.53. The predicted molar refractivity (Wildman–Crippen MR) is 64.5 cm³/mol. The van der Waals surface area contributed by atoms with Crippen molar-refractivity contribution in [1.82, 2.24) is 0 Å². The monoisotopic (exact) mass is 209 g/mol. The van der Waals surface area contributed by atoms with Crippen LogP contribution in [0.15, 0.2) is 47.1 Å². The highest BCUT2D eigenvalue weighted by Crippen LogP contribution is 2.56. The Labute approximate surface area is 96.5 Å². The Bertz CT molecular complexity index is 496. The largest absolute Gasteiger partial charge is 0.197 e. The summed E-state index contributed by atoms with van der Waals surface area (Å²) in [4.78, 5) is 0. The van der Waals surface area contributed by atoms with E-state index in [1.165, 1.54) is 23.1 Å². The van der Waals surface area contributed by atoms with E-state index in [-0.39, 0.29) is 11.3 Å². The van der Waals surface area contributed by atoms with Gasteiger partial charge >= 0.3 is 0 Å². The van der Waals surface area contributed by atoms with E-state index in [0.29, 0.717) is 0 Å². The summed E-state index contributed by atoms with van der Waals surface area (Å²) < 4.78 is 0. The maximum atomic E-state index is 9.54. The molecule has 0 spiro atoms. The summed E-state index contributed by atoms with van der Waals surface area (Å²) in [5.41, 5.74) is 3.98. The minimum absolute atomic E-state index is 0.276. The van der Waals surface area contributed by atoms with Crippen molar-refractivity contribution in [3.63, 3.8) is 0 Å². The van der Waals surface area contributed by atoms with E-state index in [2.05, 4.69) is 43.4 Å². The third-order valence-electron chi connectivity index (χ3n) is 4.18. The van der Waals surface area contributed by atoms with Crippen molar-refractivity contribution in [2.24, 2.45) is 11.3 Å². The molecule has 16 heavy (non-hydrogen) atoms. The van der Waals surface area contributed by atoms with Crippen LogP contribution >= 0.6 is 0 Å². The summed E-state index contributed by atoms with van der Waals surface area (Å²) in [5.74, 6) is 0.276. The van der Waals surface area contributed by atoms with E-state index in [9.17, 15) is 5.26 Å². The highest BCUT2D eigenvalue weighted by Gasteiger charge is 2.48. The smallest absolute Gasteiger partial charge is 0.0863 e. The van der Waals surface area contributed by atoms with Crippen molar-refractivity contribution < 1.29 is 0 Å². The molecular formula is C15H15N. The Morgan fingerprint density at radius 1 is 1.31 bits per heavy atom. The molecule has 0 saturated carbocycles. The molecule has 0 amide bonds. The summed E-state index contributed by atoms with van der Waals surface area (Å²) in [6.45, 7) is 2.11. The lowest BCUT2D eigenvalue weighted by molar-refractivity contribution is 0.443. The van der Waals surface area contributed by atoms with Crippen LogP contribution in [0.4, 0.5) is 0 Å². The first kappa shape index (κ1) is 9.66. The van der Waals surface area contributed by atoms with Gasteiger partial charge in [-0.2, -0.15) is 5.26 Å². The fourth-order valence-corrected chi connectivity index (χ4v) is 3.36. The van der Waals surface area contributed by atoms with Crippen LogP contribution in [0.2, 0.25) is 0 Å². The summed E-state index contributed by atoms with van der Waals surface area (Å²) >= 11 is 0. The normalized spacial score (nSPS) is 35.5. The second-order valence-corrected chi connectivity index (χ2v) is 4.99. The van der Waals surface area contributed by atoms with Crippen molar-refractivity contribution in [2.45, 2.75) is 26.2 Å². The van der Waals surface area contributed by atoms with Crippen LogP contribution in [0.25, 0.3) is 0 Å². The second kappa shape index (κ2) is 3.22. The number of fused-ring (bicyclic) bond motifs is 2. The fraction of sp³-hybridized carbons (Fsp3) is 0.400. The average molecular weight is 209 g/mol. The molecule has 0 radical (unpaired) electrons. The predicted octanol–water partition coefficient (Wildman–Crippen LogP) is 3.68. The number of nitriles is 1. The Morgan fingerprint density at radius 2 is 2.19 bits per heavy atom. The molecule has 2 atom stereocenters. The lowest BCUT2D eigenvalue weighted by Gasteiger charge is -2.26. The molecule has 80 valence electrons. The minimum Gasteiger partial charge on any atom is -0.197 e. The van der Waals surface area contributed by atoms with E-state index in [1.54, 1.807) is 0 Å². The van der Waals surface area contributed by atoms with Crippen molar-refractivity contribution in [3.8, 4) is 6.07 Å². The first-order chi connectivity index (χ1) is 7.77. The quantitative estimate of drug-likeness (QED) is 0.597. The number of rotatable bonds is 0. The molecule has 0 aromatic carbocycles. The first-order valence-electron chi connectivity index (χ1n) is 5.96. The molecule has 0 heterocycles. The molecular weight excluding hydrogens is 194 g/mol. The Kier molecular flexibility index (Phi) is 1.94. The third-order valence-corrected chi connectivity index (χ3v) is 4.18. The van der Waals surface area contributed by atoms with Gasteiger partial charge in [-0.1, -0.05) is 30.4 Å². The molecule has 0 aromatic heterocycles. The van der Waals surface area contributed by atoms with Crippen molar-refractivity contribution >= 4 is 0 Å². The summed E-state index contributed by atoms with van der Waals surface area (Å²) in [5, 5.41) is 9.54. The van der Waals surface area contributed by atoms with Gasteiger partial charge in [0, 0.05) is 5.92 Å². The Hall–Kier alpha value is -1.55. The van der Waals surface area contributed by atoms with Crippen LogP contribution in [-0.2, 0) is 0 Å². The highest BCUT2D eigenvalue weighted by molar-refractivity contribution is 5.57.